The Kier molecular flexibility index (Phi) is 17.8. The van der Waals surface area contributed by atoms with Crippen LogP contribution >= 0.6 is 49.1 Å². The van der Waals surface area contributed by atoms with Crippen LogP contribution in [0.4, 0.5) is 51.7 Å². The number of hydrogen-bond acceptors (Lipinski definition) is 14. The van der Waals surface area contributed by atoms with E-state index in [0.717, 1.165) is 93.0 Å². The second-order valence-electron chi connectivity index (χ2n) is 22.0. The second kappa shape index (κ2) is 23.8. The highest BCUT2D eigenvalue weighted by Crippen LogP contribution is 2.52. The fraction of sp³-hybridized carbons (Fsp3) is 0.429. The van der Waals surface area contributed by atoms with E-state index < -0.39 is 14.3 Å². The number of anilines is 9. The summed E-state index contributed by atoms with van der Waals surface area (Å²) in [4.78, 5) is 26.4. The van der Waals surface area contributed by atoms with Crippen LogP contribution in [0.2, 0.25) is 15.3 Å². The number of halogens is 3. The molecule has 2 aliphatic carbocycles. The first-order chi connectivity index (χ1) is 35.6. The number of hydrogen-bond donors (Lipinski definition) is 4. The molecule has 2 spiro atoms. The molecule has 75 heavy (non-hydrogen) atoms. The van der Waals surface area contributed by atoms with Crippen LogP contribution in [0.5, 0.6) is 0 Å². The third kappa shape index (κ3) is 14.4. The van der Waals surface area contributed by atoms with Crippen LogP contribution in [0.3, 0.4) is 0 Å². The van der Waals surface area contributed by atoms with Gasteiger partial charge in [-0.1, -0.05) is 47.5 Å². The lowest BCUT2D eigenvalue weighted by Crippen LogP contribution is -2.53. The van der Waals surface area contributed by atoms with Gasteiger partial charge in [-0.05, 0) is 201 Å². The maximum Gasteiger partial charge on any atom is 0.229 e. The maximum absolute atomic E-state index is 12.7. The Hall–Kier alpha value is -4.91. The molecule has 2 saturated heterocycles. The Labute approximate surface area is 459 Å². The number of nitrogens with two attached hydrogens (primary N) is 1. The van der Waals surface area contributed by atoms with Gasteiger partial charge in [0.05, 0.1) is 32.8 Å². The van der Waals surface area contributed by atoms with Gasteiger partial charge in [-0.25, -0.2) is 15.0 Å². The minimum absolute atomic E-state index is 0.175. The van der Waals surface area contributed by atoms with Gasteiger partial charge in [-0.2, -0.15) is 4.98 Å². The Bertz CT molecular complexity index is 3010. The van der Waals surface area contributed by atoms with Crippen molar-refractivity contribution in [2.24, 2.45) is 10.8 Å². The maximum atomic E-state index is 12.7. The first-order valence-corrected chi connectivity index (χ1v) is 32.0. The number of rotatable bonds is 12. The van der Waals surface area contributed by atoms with Crippen LogP contribution in [0.1, 0.15) is 51.4 Å². The van der Waals surface area contributed by atoms with Crippen molar-refractivity contribution in [2.45, 2.75) is 63.5 Å². The molecular weight excluding hydrogens is 1040 g/mol. The van der Waals surface area contributed by atoms with Crippen LogP contribution in [0.25, 0.3) is 0 Å². The summed E-state index contributed by atoms with van der Waals surface area (Å²) in [6.07, 6.45) is 13.7. The van der Waals surface area contributed by atoms with Crippen LogP contribution < -0.4 is 42.1 Å². The largest absolute Gasteiger partial charge is 0.399 e. The summed E-state index contributed by atoms with van der Waals surface area (Å²) in [5.74, 6) is 1.66. The average Bonchev–Trinajstić information content (AvgIpc) is 3.33. The first kappa shape index (κ1) is 56.3. The molecular formula is C56H73Cl3N12O2P2. The molecule has 6 aromatic rings. The molecule has 4 aromatic carbocycles. The zero-order valence-electron chi connectivity index (χ0n) is 44.5. The van der Waals surface area contributed by atoms with Crippen LogP contribution in [-0.2, 0) is 9.13 Å². The summed E-state index contributed by atoms with van der Waals surface area (Å²) in [6.45, 7) is 11.3. The molecule has 0 atom stereocenters. The third-order valence-electron chi connectivity index (χ3n) is 15.4. The molecule has 0 unspecified atom stereocenters. The van der Waals surface area contributed by atoms with E-state index in [0.29, 0.717) is 28.4 Å². The molecule has 0 radical (unpaired) electrons. The van der Waals surface area contributed by atoms with Crippen LogP contribution in [0.15, 0.2) is 109 Å². The van der Waals surface area contributed by atoms with Crippen molar-refractivity contribution < 1.29 is 9.13 Å². The molecule has 2 saturated carbocycles. The van der Waals surface area contributed by atoms with Gasteiger partial charge >= 0.3 is 0 Å². The predicted octanol–water partition coefficient (Wildman–Crippen LogP) is 12.5. The minimum Gasteiger partial charge on any atom is -0.399 e. The van der Waals surface area contributed by atoms with Gasteiger partial charge in [0.15, 0.2) is 0 Å². The lowest BCUT2D eigenvalue weighted by atomic mass is 9.60. The zero-order valence-corrected chi connectivity index (χ0v) is 48.6. The molecule has 14 nitrogen and oxygen atoms in total. The average molecular weight is 1110 g/mol. The topological polar surface area (TPSA) is 161 Å². The molecule has 2 aromatic heterocycles. The van der Waals surface area contributed by atoms with Crippen molar-refractivity contribution in [3.05, 3.63) is 125 Å². The molecule has 5 N–H and O–H groups in total. The van der Waals surface area contributed by atoms with Gasteiger partial charge in [0.1, 0.15) is 25.9 Å². The monoisotopic (exact) mass is 1110 g/mol. The first-order valence-electron chi connectivity index (χ1n) is 25.7. The van der Waals surface area contributed by atoms with E-state index in [2.05, 4.69) is 95.8 Å². The summed E-state index contributed by atoms with van der Waals surface area (Å²) in [6, 6.07) is 32.0. The van der Waals surface area contributed by atoms with Crippen molar-refractivity contribution in [3.8, 4) is 0 Å². The van der Waals surface area contributed by atoms with Crippen LogP contribution in [-0.4, -0.2) is 123 Å². The zero-order chi connectivity index (χ0) is 53.7. The van der Waals surface area contributed by atoms with Gasteiger partial charge in [-0.3, -0.25) is 0 Å². The molecule has 0 bridgehead atoms. The smallest absolute Gasteiger partial charge is 0.229 e. The number of para-hydroxylation sites is 2. The molecule has 4 aliphatic rings. The summed E-state index contributed by atoms with van der Waals surface area (Å²) in [7, 11) is 3.99. The fourth-order valence-corrected chi connectivity index (χ4v) is 14.0. The Morgan fingerprint density at radius 2 is 1.01 bits per heavy atom. The molecule has 4 fully saturated rings. The standard InChI is InChI=1S/C28H36ClN6OP.C16H24ClN3.C12H13ClN3OP/c1-34(2)21-18-28(19-21)12-15-35(16-13-28)24-10-9-20(17-22(24)29)31-27-30-14-11-26(33-27)32-23-7-5-6-8-25(23)37(3,4)36;1-19(2)13-10-16(11-13)5-7-20(8-6-16)15-4-3-12(18)9-14(15)17;1-18(2,17)10-6-4-3-5-9(10)15-11-7-8-14-12(13)16-11/h5-11,14,17,21H,12-13,15-16,18-19H2,1-4H3,(H2,30,31,32,33);3-4,9,13H,5-8,10-11,18H2,1-2H3;3-8H,1-2H3,(H,14,15,16). The van der Waals surface area contributed by atoms with E-state index >= 15 is 0 Å². The Morgan fingerprint density at radius 1 is 0.573 bits per heavy atom. The third-order valence-corrected chi connectivity index (χ3v) is 19.3. The van der Waals surface area contributed by atoms with E-state index in [1.54, 1.807) is 51.2 Å². The molecule has 2 aliphatic heterocycles. The van der Waals surface area contributed by atoms with Crippen molar-refractivity contribution in [3.63, 3.8) is 0 Å². The molecule has 19 heteroatoms. The van der Waals surface area contributed by atoms with E-state index in [9.17, 15) is 9.13 Å². The van der Waals surface area contributed by atoms with Gasteiger partial charge in [0.2, 0.25) is 11.2 Å². The normalized spacial score (nSPS) is 18.1. The van der Waals surface area contributed by atoms with Crippen molar-refractivity contribution in [1.82, 2.24) is 29.7 Å². The minimum atomic E-state index is -2.44. The summed E-state index contributed by atoms with van der Waals surface area (Å²) in [5.41, 5.74) is 12.3. The highest BCUT2D eigenvalue weighted by molar-refractivity contribution is 7.70. The number of piperidine rings is 2. The van der Waals surface area contributed by atoms with E-state index in [-0.39, 0.29) is 5.28 Å². The Morgan fingerprint density at radius 3 is 1.45 bits per heavy atom. The summed E-state index contributed by atoms with van der Waals surface area (Å²) >= 11 is 18.8. The lowest BCUT2D eigenvalue weighted by molar-refractivity contribution is 0.00484. The van der Waals surface area contributed by atoms with E-state index in [1.165, 1.54) is 51.4 Å². The number of aromatic nitrogens is 4. The van der Waals surface area contributed by atoms with Crippen molar-refractivity contribution in [1.29, 1.82) is 0 Å². The molecule has 10 rings (SSSR count). The quantitative estimate of drug-likeness (QED) is 0.0520. The number of nitrogen functional groups attached to an aromatic ring is 1. The number of nitrogens with one attached hydrogen (secondary N) is 3. The van der Waals surface area contributed by atoms with E-state index in [1.807, 2.05) is 72.8 Å². The highest BCUT2D eigenvalue weighted by atomic mass is 35.5. The molecule has 0 amide bonds. The SMILES string of the molecule is CN(C)C1CC2(CCN(c3ccc(N)cc3Cl)CC2)C1.CN(C)C1CC2(CCN(c3ccc(Nc4nccc(Nc5ccccc5P(C)(C)=O)n4)cc3Cl)CC2)C1.CP(C)(=O)c1ccccc1Nc1ccnc(Cl)n1. The van der Waals surface area contributed by atoms with Gasteiger partial charge in [-0.15, -0.1) is 0 Å². The lowest BCUT2D eigenvalue weighted by Gasteiger charge is -2.54. The van der Waals surface area contributed by atoms with E-state index in [4.69, 9.17) is 40.5 Å². The number of nitrogens with zero attached hydrogens (tertiary/aromatic N) is 8. The van der Waals surface area contributed by atoms with Gasteiger partial charge in [0, 0.05) is 72.6 Å². The number of benzene rings is 4. The molecule has 4 heterocycles. The predicted molar refractivity (Wildman–Crippen MR) is 318 cm³/mol. The highest BCUT2D eigenvalue weighted by Gasteiger charge is 2.47. The van der Waals surface area contributed by atoms with Crippen molar-refractivity contribution in [2.75, 3.05) is 113 Å². The van der Waals surface area contributed by atoms with Crippen molar-refractivity contribution >= 4 is 111 Å². The fourth-order valence-electron chi connectivity index (χ4n) is 10.9. The second-order valence-corrected chi connectivity index (χ2v) is 29.5. The Balaban J connectivity index is 0.000000165. The molecule has 400 valence electrons. The van der Waals surface area contributed by atoms with Crippen LogP contribution in [0, 0.1) is 10.8 Å². The summed E-state index contributed by atoms with van der Waals surface area (Å²) < 4.78 is 24.9. The van der Waals surface area contributed by atoms with Gasteiger partial charge in [0.25, 0.3) is 0 Å². The summed E-state index contributed by atoms with van der Waals surface area (Å²) in [5, 5.41) is 12.9. The van der Waals surface area contributed by atoms with Gasteiger partial charge < -0.3 is 50.4 Å².